The van der Waals surface area contributed by atoms with E-state index in [0.717, 1.165) is 13.0 Å². The molecule has 3 nitrogen and oxygen atoms in total. The van der Waals surface area contributed by atoms with E-state index in [1.54, 1.807) is 0 Å². The normalized spacial score (nSPS) is 8.92. The lowest BCUT2D eigenvalue weighted by Crippen LogP contribution is -2.15. The smallest absolute Gasteiger partial charge is 0.330 e. The molecule has 4 heteroatoms. The van der Waals surface area contributed by atoms with Crippen LogP contribution in [-0.2, 0) is 9.53 Å². The summed E-state index contributed by atoms with van der Waals surface area (Å²) in [5.74, 6) is -0.344. The number of esters is 1. The van der Waals surface area contributed by atoms with Crippen molar-refractivity contribution in [2.45, 2.75) is 6.42 Å². The molecule has 72 valence electrons. The van der Waals surface area contributed by atoms with E-state index >= 15 is 0 Å². The van der Waals surface area contributed by atoms with E-state index in [1.165, 1.54) is 6.08 Å². The fourth-order valence-electron chi connectivity index (χ4n) is 0.612. The van der Waals surface area contributed by atoms with Gasteiger partial charge in [0.25, 0.3) is 0 Å². The number of ether oxygens (including phenoxy) is 1. The molecule has 0 aliphatic rings. The molecule has 0 aromatic carbocycles. The first-order valence-corrected chi connectivity index (χ1v) is 3.60. The Balaban J connectivity index is 0. The predicted molar refractivity (Wildman–Crippen MR) is 51.6 cm³/mol. The molecule has 0 fully saturated rings. The van der Waals surface area contributed by atoms with Gasteiger partial charge in [0, 0.05) is 12.6 Å². The van der Waals surface area contributed by atoms with Crippen molar-refractivity contribution in [1.82, 2.24) is 4.90 Å². The molecule has 0 N–H and O–H groups in total. The minimum absolute atomic E-state index is 0. The minimum Gasteiger partial charge on any atom is -0.462 e. The monoisotopic (exact) mass is 193 g/mol. The van der Waals surface area contributed by atoms with Crippen molar-refractivity contribution in [1.29, 1.82) is 0 Å². The number of hydrogen-bond donors (Lipinski definition) is 0. The second kappa shape index (κ2) is 8.56. The quantitative estimate of drug-likeness (QED) is 0.372. The van der Waals surface area contributed by atoms with Crippen molar-refractivity contribution in [3.8, 4) is 0 Å². The first-order valence-electron chi connectivity index (χ1n) is 3.60. The summed E-state index contributed by atoms with van der Waals surface area (Å²) in [5, 5.41) is 0. The van der Waals surface area contributed by atoms with Gasteiger partial charge in [0.2, 0.25) is 0 Å². The van der Waals surface area contributed by atoms with Gasteiger partial charge in [0.05, 0.1) is 6.61 Å². The van der Waals surface area contributed by atoms with Gasteiger partial charge in [0.15, 0.2) is 0 Å². The van der Waals surface area contributed by atoms with Crippen molar-refractivity contribution < 1.29 is 9.53 Å². The molecule has 0 amide bonds. The van der Waals surface area contributed by atoms with Gasteiger partial charge in [-0.15, -0.1) is 12.4 Å². The molecule has 12 heavy (non-hydrogen) atoms. The average Bonchev–Trinajstić information content (AvgIpc) is 1.97. The number of nitrogens with zero attached hydrogens (tertiary/aromatic N) is 1. The molecule has 0 aliphatic carbocycles. The fourth-order valence-corrected chi connectivity index (χ4v) is 0.612. The van der Waals surface area contributed by atoms with Crippen LogP contribution in [0.15, 0.2) is 12.7 Å². The Morgan fingerprint density at radius 2 is 2.17 bits per heavy atom. The highest BCUT2D eigenvalue weighted by Gasteiger charge is 1.94. The van der Waals surface area contributed by atoms with Gasteiger partial charge in [-0.3, -0.25) is 0 Å². The molecule has 0 unspecified atom stereocenters. The molecule has 0 rings (SSSR count). The molecular formula is C8H16ClNO2. The highest BCUT2D eigenvalue weighted by molar-refractivity contribution is 5.85. The van der Waals surface area contributed by atoms with Gasteiger partial charge < -0.3 is 9.64 Å². The van der Waals surface area contributed by atoms with Crippen LogP contribution in [0.3, 0.4) is 0 Å². The largest absolute Gasteiger partial charge is 0.462 e. The Labute approximate surface area is 79.8 Å². The van der Waals surface area contributed by atoms with Crippen molar-refractivity contribution in [2.75, 3.05) is 27.2 Å². The van der Waals surface area contributed by atoms with Crippen LogP contribution in [0.2, 0.25) is 0 Å². The predicted octanol–water partition coefficient (Wildman–Crippen LogP) is 1.09. The van der Waals surface area contributed by atoms with E-state index < -0.39 is 0 Å². The lowest BCUT2D eigenvalue weighted by atomic mass is 10.4. The van der Waals surface area contributed by atoms with E-state index in [-0.39, 0.29) is 18.4 Å². The zero-order valence-electron chi connectivity index (χ0n) is 7.58. The van der Waals surface area contributed by atoms with Crippen LogP contribution in [0.5, 0.6) is 0 Å². The summed E-state index contributed by atoms with van der Waals surface area (Å²) >= 11 is 0. The Kier molecular flexibility index (Phi) is 9.99. The van der Waals surface area contributed by atoms with Gasteiger partial charge in [-0.05, 0) is 20.5 Å². The standard InChI is InChI=1S/C8H15NO2.ClH/c1-4-8(10)11-7-5-6-9(2)3;/h4H,1,5-7H2,2-3H3;1H. The number of carbonyl (C=O) groups excluding carboxylic acids is 1. The van der Waals surface area contributed by atoms with Crippen LogP contribution in [-0.4, -0.2) is 38.1 Å². The van der Waals surface area contributed by atoms with E-state index in [2.05, 4.69) is 6.58 Å². The highest BCUT2D eigenvalue weighted by atomic mass is 35.5. The first-order chi connectivity index (χ1) is 5.16. The third-order valence-electron chi connectivity index (χ3n) is 1.16. The molecule has 0 aromatic rings. The second-order valence-electron chi connectivity index (χ2n) is 2.53. The molecular weight excluding hydrogens is 178 g/mol. The minimum atomic E-state index is -0.344. The molecule has 0 heterocycles. The molecule has 0 aromatic heterocycles. The number of rotatable bonds is 5. The van der Waals surface area contributed by atoms with Gasteiger partial charge in [-0.25, -0.2) is 4.79 Å². The lowest BCUT2D eigenvalue weighted by Gasteiger charge is -2.08. The Morgan fingerprint density at radius 3 is 2.58 bits per heavy atom. The number of carbonyl (C=O) groups is 1. The van der Waals surface area contributed by atoms with Crippen molar-refractivity contribution >= 4 is 18.4 Å². The maximum absolute atomic E-state index is 10.5. The van der Waals surface area contributed by atoms with E-state index in [9.17, 15) is 4.79 Å². The van der Waals surface area contributed by atoms with Crippen LogP contribution >= 0.6 is 12.4 Å². The van der Waals surface area contributed by atoms with Gasteiger partial charge in [-0.2, -0.15) is 0 Å². The summed E-state index contributed by atoms with van der Waals surface area (Å²) in [7, 11) is 3.96. The van der Waals surface area contributed by atoms with Gasteiger partial charge >= 0.3 is 5.97 Å². The first kappa shape index (κ1) is 14.0. The second-order valence-corrected chi connectivity index (χ2v) is 2.53. The maximum atomic E-state index is 10.5. The van der Waals surface area contributed by atoms with Crippen molar-refractivity contribution in [3.63, 3.8) is 0 Å². The Hall–Kier alpha value is -0.540. The van der Waals surface area contributed by atoms with Crippen LogP contribution in [0, 0.1) is 0 Å². The third kappa shape index (κ3) is 9.46. The molecule has 0 aliphatic heterocycles. The van der Waals surface area contributed by atoms with Crippen LogP contribution in [0.4, 0.5) is 0 Å². The average molecular weight is 194 g/mol. The number of halogens is 1. The molecule has 0 radical (unpaired) electrons. The van der Waals surface area contributed by atoms with Crippen LogP contribution in [0.25, 0.3) is 0 Å². The van der Waals surface area contributed by atoms with Crippen molar-refractivity contribution in [3.05, 3.63) is 12.7 Å². The SMILES string of the molecule is C=CC(=O)OCCCN(C)C.Cl. The summed E-state index contributed by atoms with van der Waals surface area (Å²) in [6.45, 7) is 4.70. The molecule has 0 atom stereocenters. The Bertz CT molecular complexity index is 137. The van der Waals surface area contributed by atoms with Gasteiger partial charge in [-0.1, -0.05) is 6.58 Å². The van der Waals surface area contributed by atoms with E-state index in [1.807, 2.05) is 19.0 Å². The zero-order chi connectivity index (χ0) is 8.69. The topological polar surface area (TPSA) is 29.5 Å². The number of hydrogen-bond acceptors (Lipinski definition) is 3. The summed E-state index contributed by atoms with van der Waals surface area (Å²) in [6, 6.07) is 0. The summed E-state index contributed by atoms with van der Waals surface area (Å²) in [5.41, 5.74) is 0. The highest BCUT2D eigenvalue weighted by Crippen LogP contribution is 1.86. The molecule has 0 bridgehead atoms. The Morgan fingerprint density at radius 1 is 1.58 bits per heavy atom. The molecule has 0 spiro atoms. The third-order valence-corrected chi connectivity index (χ3v) is 1.16. The zero-order valence-corrected chi connectivity index (χ0v) is 8.39. The van der Waals surface area contributed by atoms with E-state index in [0.29, 0.717) is 6.61 Å². The molecule has 0 saturated carbocycles. The maximum Gasteiger partial charge on any atom is 0.330 e. The summed E-state index contributed by atoms with van der Waals surface area (Å²) in [4.78, 5) is 12.5. The molecule has 0 saturated heterocycles. The fraction of sp³-hybridized carbons (Fsp3) is 0.625. The van der Waals surface area contributed by atoms with Crippen LogP contribution < -0.4 is 0 Å². The van der Waals surface area contributed by atoms with Crippen LogP contribution in [0.1, 0.15) is 6.42 Å². The summed E-state index contributed by atoms with van der Waals surface area (Å²) in [6.07, 6.45) is 2.04. The summed E-state index contributed by atoms with van der Waals surface area (Å²) < 4.78 is 4.76. The van der Waals surface area contributed by atoms with Gasteiger partial charge in [0.1, 0.15) is 0 Å². The van der Waals surface area contributed by atoms with Crippen molar-refractivity contribution in [2.24, 2.45) is 0 Å². The van der Waals surface area contributed by atoms with E-state index in [4.69, 9.17) is 4.74 Å². The lowest BCUT2D eigenvalue weighted by molar-refractivity contribution is -0.137.